The zero-order valence-electron chi connectivity index (χ0n) is 20.6. The molecule has 0 spiro atoms. The van der Waals surface area contributed by atoms with Crippen molar-refractivity contribution in [3.8, 4) is 0 Å². The molecule has 8 nitrogen and oxygen atoms in total. The van der Waals surface area contributed by atoms with Gasteiger partial charge in [-0.2, -0.15) is 13.2 Å². The number of para-hydroxylation sites is 1. The fraction of sp³-hybridized carbons (Fsp3) is 0.185. The fourth-order valence-corrected chi connectivity index (χ4v) is 7.81. The van der Waals surface area contributed by atoms with Gasteiger partial charge in [0.15, 0.2) is 0 Å². The van der Waals surface area contributed by atoms with Gasteiger partial charge in [0.05, 0.1) is 39.3 Å². The van der Waals surface area contributed by atoms with Crippen molar-refractivity contribution in [3.05, 3.63) is 98.6 Å². The third-order valence-corrected chi connectivity index (χ3v) is 9.38. The van der Waals surface area contributed by atoms with Crippen LogP contribution in [0, 0.1) is 11.7 Å². The van der Waals surface area contributed by atoms with E-state index in [0.29, 0.717) is 15.5 Å². The Balaban J connectivity index is 1.40. The van der Waals surface area contributed by atoms with Crippen molar-refractivity contribution < 1.29 is 36.4 Å². The van der Waals surface area contributed by atoms with Gasteiger partial charge in [-0.3, -0.25) is 23.7 Å². The van der Waals surface area contributed by atoms with Crippen LogP contribution in [0.1, 0.15) is 22.1 Å². The van der Waals surface area contributed by atoms with Gasteiger partial charge in [0.25, 0.3) is 0 Å². The number of imide groups is 1. The van der Waals surface area contributed by atoms with E-state index in [-0.39, 0.29) is 10.8 Å². The fourth-order valence-electron chi connectivity index (χ4n) is 5.05. The predicted molar refractivity (Wildman–Crippen MR) is 141 cm³/mol. The molecule has 6 rings (SSSR count). The largest absolute Gasteiger partial charge is 0.469 e. The molecule has 2 aromatic heterocycles. The number of hydrogen-bond donors (Lipinski definition) is 1. The summed E-state index contributed by atoms with van der Waals surface area (Å²) in [4.78, 5) is 53.7. The highest BCUT2D eigenvalue weighted by atomic mass is 32.2. The highest BCUT2D eigenvalue weighted by molar-refractivity contribution is 8.00. The topological polar surface area (TPSA) is 102 Å². The summed E-state index contributed by atoms with van der Waals surface area (Å²) >= 11 is 1.62. The van der Waals surface area contributed by atoms with E-state index in [1.54, 1.807) is 12.1 Å². The summed E-state index contributed by atoms with van der Waals surface area (Å²) in [6.45, 7) is -0.458. The van der Waals surface area contributed by atoms with E-state index in [2.05, 4.69) is 5.32 Å². The van der Waals surface area contributed by atoms with Crippen LogP contribution in [-0.2, 0) is 27.1 Å². The molecule has 2 aliphatic rings. The number of carbonyl (C=O) groups excluding carboxylic acids is 3. The maximum atomic E-state index is 13.8. The molecule has 1 saturated heterocycles. The number of anilines is 2. The molecule has 3 amide bonds. The summed E-state index contributed by atoms with van der Waals surface area (Å²) in [7, 11) is 0. The summed E-state index contributed by atoms with van der Waals surface area (Å²) < 4.78 is 61.4. The van der Waals surface area contributed by atoms with Crippen LogP contribution >= 0.6 is 23.1 Å². The van der Waals surface area contributed by atoms with Crippen LogP contribution in [0.3, 0.4) is 0 Å². The van der Waals surface area contributed by atoms with E-state index in [9.17, 15) is 36.7 Å². The van der Waals surface area contributed by atoms with Gasteiger partial charge in [-0.1, -0.05) is 35.2 Å². The number of aromatic nitrogens is 1. The van der Waals surface area contributed by atoms with Gasteiger partial charge >= 0.3 is 11.0 Å². The molecular formula is C27H17F4N3O5S2. The normalized spacial score (nSPS) is 20.2. The number of hydrogen-bond acceptors (Lipinski definition) is 7. The number of halogens is 4. The number of thioether (sulfide) groups is 1. The first kappa shape index (κ1) is 27.0. The van der Waals surface area contributed by atoms with Crippen LogP contribution in [-0.4, -0.2) is 27.5 Å². The van der Waals surface area contributed by atoms with E-state index < -0.39 is 69.5 Å². The maximum Gasteiger partial charge on any atom is 0.418 e. The van der Waals surface area contributed by atoms with E-state index in [1.165, 1.54) is 24.5 Å². The zero-order chi connectivity index (χ0) is 29.1. The van der Waals surface area contributed by atoms with E-state index >= 15 is 0 Å². The van der Waals surface area contributed by atoms with Crippen LogP contribution < -0.4 is 15.1 Å². The summed E-state index contributed by atoms with van der Waals surface area (Å²) in [5, 5.41) is 1.62. The molecule has 0 aliphatic carbocycles. The molecule has 3 unspecified atom stereocenters. The quantitative estimate of drug-likeness (QED) is 0.252. The molecule has 14 heteroatoms. The van der Waals surface area contributed by atoms with Crippen molar-refractivity contribution in [3.63, 3.8) is 0 Å². The van der Waals surface area contributed by atoms with Gasteiger partial charge in [0.1, 0.15) is 23.4 Å². The second-order valence-corrected chi connectivity index (χ2v) is 11.4. The Morgan fingerprint density at radius 3 is 2.39 bits per heavy atom. The number of benzene rings is 2. The molecule has 2 aliphatic heterocycles. The molecule has 0 radical (unpaired) electrons. The minimum Gasteiger partial charge on any atom is -0.469 e. The molecule has 0 bridgehead atoms. The van der Waals surface area contributed by atoms with Gasteiger partial charge in [-0.15, -0.1) is 0 Å². The van der Waals surface area contributed by atoms with Crippen LogP contribution in [0.15, 0.2) is 81.2 Å². The summed E-state index contributed by atoms with van der Waals surface area (Å²) in [5.74, 6) is -4.69. The second kappa shape index (κ2) is 10.0. The third-order valence-electron chi connectivity index (χ3n) is 6.78. The third kappa shape index (κ3) is 4.66. The Morgan fingerprint density at radius 2 is 1.71 bits per heavy atom. The Kier molecular flexibility index (Phi) is 6.61. The lowest BCUT2D eigenvalue weighted by molar-refractivity contribution is -0.137. The van der Waals surface area contributed by atoms with Gasteiger partial charge in [-0.05, 0) is 48.5 Å². The highest BCUT2D eigenvalue weighted by Gasteiger charge is 2.58. The highest BCUT2D eigenvalue weighted by Crippen LogP contribution is 2.54. The van der Waals surface area contributed by atoms with Gasteiger partial charge in [0.2, 0.25) is 17.7 Å². The number of rotatable bonds is 5. The van der Waals surface area contributed by atoms with Crippen molar-refractivity contribution in [2.75, 3.05) is 10.2 Å². The van der Waals surface area contributed by atoms with Crippen molar-refractivity contribution in [2.24, 2.45) is 5.92 Å². The van der Waals surface area contributed by atoms with Gasteiger partial charge in [0, 0.05) is 5.69 Å². The number of carbonyl (C=O) groups is 3. The van der Waals surface area contributed by atoms with E-state index in [1.807, 2.05) is 0 Å². The lowest BCUT2D eigenvalue weighted by atomic mass is 9.86. The van der Waals surface area contributed by atoms with Crippen molar-refractivity contribution in [2.45, 2.75) is 28.9 Å². The van der Waals surface area contributed by atoms with Crippen LogP contribution in [0.5, 0.6) is 0 Å². The summed E-state index contributed by atoms with van der Waals surface area (Å²) in [6, 6.07) is 12.4. The SMILES string of the molecule is O=C(Cn1c2c(sc1=O)C(c1ccco1)C1C(=O)N(c3ccccc3C(F)(F)F)C(=O)C1S2)Nc1ccc(F)cc1. The van der Waals surface area contributed by atoms with Crippen LogP contribution in [0.4, 0.5) is 28.9 Å². The Hall–Kier alpha value is -4.17. The standard InChI is InChI=1S/C27H17F4N3O5S2/c28-13-7-9-14(10-8-13)32-18(35)12-33-25-22(41-26(33)38)19(17-6-3-11-39-17)20-21(40-25)24(37)34(23(20)36)16-5-2-1-4-15(16)27(29,30)31/h1-11,19-21H,12H2,(H,32,35). The van der Waals surface area contributed by atoms with Crippen LogP contribution in [0.25, 0.3) is 0 Å². The smallest absolute Gasteiger partial charge is 0.418 e. The van der Waals surface area contributed by atoms with Crippen LogP contribution in [0.2, 0.25) is 0 Å². The molecule has 210 valence electrons. The maximum absolute atomic E-state index is 13.8. The summed E-state index contributed by atoms with van der Waals surface area (Å²) in [6.07, 6.45) is -3.48. The minimum atomic E-state index is -4.82. The predicted octanol–water partition coefficient (Wildman–Crippen LogP) is 5.10. The lowest BCUT2D eigenvalue weighted by Gasteiger charge is -2.29. The molecule has 41 heavy (non-hydrogen) atoms. The van der Waals surface area contributed by atoms with Crippen molar-refractivity contribution >= 4 is 52.2 Å². The Bertz CT molecular complexity index is 1730. The second-order valence-electron chi connectivity index (χ2n) is 9.26. The first-order valence-electron chi connectivity index (χ1n) is 12.1. The van der Waals surface area contributed by atoms with Gasteiger partial charge in [-0.25, -0.2) is 9.29 Å². The monoisotopic (exact) mass is 603 g/mol. The number of nitrogens with one attached hydrogen (secondary N) is 1. The number of fused-ring (bicyclic) bond motifs is 2. The molecule has 1 N–H and O–H groups in total. The molecule has 1 fully saturated rings. The number of nitrogens with zero attached hydrogens (tertiary/aromatic N) is 2. The number of alkyl halides is 3. The average molecular weight is 604 g/mol. The number of furan rings is 1. The molecule has 0 saturated carbocycles. The number of amides is 3. The summed E-state index contributed by atoms with van der Waals surface area (Å²) in [5.41, 5.74) is -1.42. The Labute approximate surface area is 236 Å². The van der Waals surface area contributed by atoms with Gasteiger partial charge < -0.3 is 9.73 Å². The average Bonchev–Trinajstić information content (AvgIpc) is 3.62. The first-order valence-corrected chi connectivity index (χ1v) is 13.8. The first-order chi connectivity index (χ1) is 19.5. The molecule has 2 aromatic carbocycles. The van der Waals surface area contributed by atoms with E-state index in [4.69, 9.17) is 4.42 Å². The number of thiazole rings is 1. The zero-order valence-corrected chi connectivity index (χ0v) is 22.2. The molecular weight excluding hydrogens is 586 g/mol. The lowest BCUT2D eigenvalue weighted by Crippen LogP contribution is -2.33. The van der Waals surface area contributed by atoms with Crippen molar-refractivity contribution in [1.29, 1.82) is 0 Å². The molecule has 4 heterocycles. The minimum absolute atomic E-state index is 0.240. The van der Waals surface area contributed by atoms with E-state index in [0.717, 1.165) is 58.0 Å². The Morgan fingerprint density at radius 1 is 0.976 bits per heavy atom. The van der Waals surface area contributed by atoms with Crippen molar-refractivity contribution in [1.82, 2.24) is 4.57 Å². The molecule has 3 atom stereocenters. The molecule has 4 aromatic rings.